The Balaban J connectivity index is 1.35. The number of amides is 1. The molecule has 5 heterocycles. The predicted molar refractivity (Wildman–Crippen MR) is 146 cm³/mol. The predicted octanol–water partition coefficient (Wildman–Crippen LogP) is 4.77. The van der Waals surface area contributed by atoms with Crippen molar-refractivity contribution >= 4 is 27.8 Å². The first-order valence-electron chi connectivity index (χ1n) is 13.4. The van der Waals surface area contributed by atoms with Crippen LogP contribution >= 0.6 is 0 Å². The van der Waals surface area contributed by atoms with Crippen molar-refractivity contribution in [3.8, 4) is 16.9 Å². The Morgan fingerprint density at radius 2 is 1.95 bits per heavy atom. The number of fused-ring (bicyclic) bond motifs is 3. The monoisotopic (exact) mass is 525 g/mol. The minimum atomic E-state index is 0.110. The van der Waals surface area contributed by atoms with Crippen LogP contribution in [0.3, 0.4) is 0 Å². The number of likely N-dealkylation sites (tertiary alicyclic amines) is 1. The molecule has 1 aliphatic heterocycles. The second kappa shape index (κ2) is 8.65. The van der Waals surface area contributed by atoms with Crippen molar-refractivity contribution < 1.29 is 14.1 Å². The summed E-state index contributed by atoms with van der Waals surface area (Å²) in [7, 11) is 1.68. The fraction of sp³-hybridized carbons (Fsp3) is 0.414. The fourth-order valence-corrected chi connectivity index (χ4v) is 5.90. The third kappa shape index (κ3) is 3.88. The number of aryl methyl sites for hydroxylation is 3. The molecular weight excluding hydrogens is 494 g/mol. The van der Waals surface area contributed by atoms with Crippen LogP contribution in [0.5, 0.6) is 5.75 Å². The maximum Gasteiger partial charge on any atom is 0.219 e. The highest BCUT2D eigenvalue weighted by Gasteiger charge is 2.35. The van der Waals surface area contributed by atoms with Crippen LogP contribution in [-0.4, -0.2) is 60.9 Å². The second-order valence-electron chi connectivity index (χ2n) is 10.9. The summed E-state index contributed by atoms with van der Waals surface area (Å²) in [6.07, 6.45) is 3.00. The molecule has 200 valence electrons. The van der Waals surface area contributed by atoms with E-state index in [4.69, 9.17) is 24.3 Å². The number of methoxy groups -OCH3 is 1. The van der Waals surface area contributed by atoms with Gasteiger partial charge in [0.2, 0.25) is 5.91 Å². The van der Waals surface area contributed by atoms with Gasteiger partial charge in [-0.05, 0) is 51.8 Å². The van der Waals surface area contributed by atoms with E-state index in [2.05, 4.69) is 33.0 Å². The van der Waals surface area contributed by atoms with Crippen LogP contribution in [0.15, 0.2) is 22.7 Å². The number of nitrogens with one attached hydrogen (secondary N) is 1. The van der Waals surface area contributed by atoms with Crippen molar-refractivity contribution in [3.05, 3.63) is 52.6 Å². The number of ether oxygens (including phenoxy) is 1. The number of nitrogens with zero attached hydrogens (tertiary/aromatic N) is 6. The molecule has 5 aromatic rings. The smallest absolute Gasteiger partial charge is 0.219 e. The molecule has 1 aromatic carbocycles. The van der Waals surface area contributed by atoms with E-state index < -0.39 is 0 Å². The Kier molecular flexibility index (Phi) is 5.30. The number of rotatable bonds is 6. The van der Waals surface area contributed by atoms with Gasteiger partial charge in [0.25, 0.3) is 0 Å². The van der Waals surface area contributed by atoms with Gasteiger partial charge < -0.3 is 19.1 Å². The van der Waals surface area contributed by atoms with Crippen molar-refractivity contribution in [1.82, 2.24) is 34.8 Å². The number of aromatic amines is 1. The Labute approximate surface area is 225 Å². The van der Waals surface area contributed by atoms with E-state index >= 15 is 0 Å². The summed E-state index contributed by atoms with van der Waals surface area (Å²) in [5, 5.41) is 11.1. The summed E-state index contributed by atoms with van der Waals surface area (Å²) in [4.78, 5) is 26.9. The summed E-state index contributed by atoms with van der Waals surface area (Å²) in [6, 6.07) is 6.57. The van der Waals surface area contributed by atoms with Gasteiger partial charge in [-0.1, -0.05) is 5.16 Å². The van der Waals surface area contributed by atoms with Gasteiger partial charge >= 0.3 is 0 Å². The zero-order valence-electron chi connectivity index (χ0n) is 22.8. The molecule has 1 saturated carbocycles. The lowest BCUT2D eigenvalue weighted by Gasteiger charge is -2.39. The molecule has 0 radical (unpaired) electrons. The average molecular weight is 526 g/mol. The molecule has 1 saturated heterocycles. The number of H-pyrrole nitrogens is 1. The standard InChI is InChI=1S/C29H31N7O3/c1-14-27(15(2)39-34-14)22-10-24-21(11-26(22)38-5)28-25(30-16(3)31-29(28)32-24)9-19-8-23(18-6-7-18)33-36(19)20-12-35(13-20)17(4)37/h8,10-11,18,20H,6-7,9,12-13H2,1-5H3,(H,30,31,32). The molecular formula is C29H31N7O3. The lowest BCUT2D eigenvalue weighted by atomic mass is 10.00. The Morgan fingerprint density at radius 1 is 1.15 bits per heavy atom. The van der Waals surface area contributed by atoms with Crippen LogP contribution < -0.4 is 4.74 Å². The Hall–Kier alpha value is -4.21. The molecule has 0 spiro atoms. The normalized spacial score (nSPS) is 15.9. The van der Waals surface area contributed by atoms with Gasteiger partial charge in [-0.3, -0.25) is 9.48 Å². The molecule has 1 N–H and O–H groups in total. The van der Waals surface area contributed by atoms with Crippen LogP contribution in [0.1, 0.15) is 66.1 Å². The highest BCUT2D eigenvalue weighted by atomic mass is 16.5. The molecule has 0 atom stereocenters. The molecule has 10 nitrogen and oxygen atoms in total. The molecule has 2 fully saturated rings. The summed E-state index contributed by atoms with van der Waals surface area (Å²) in [6.45, 7) is 8.78. The minimum Gasteiger partial charge on any atom is -0.496 e. The highest BCUT2D eigenvalue weighted by molar-refractivity contribution is 6.09. The van der Waals surface area contributed by atoms with E-state index in [1.807, 2.05) is 25.7 Å². The molecule has 0 bridgehead atoms. The average Bonchev–Trinajstić information content (AvgIpc) is 3.43. The van der Waals surface area contributed by atoms with E-state index in [0.717, 1.165) is 67.3 Å². The zero-order valence-corrected chi connectivity index (χ0v) is 22.8. The van der Waals surface area contributed by atoms with Crippen molar-refractivity contribution in [2.75, 3.05) is 20.2 Å². The lowest BCUT2D eigenvalue weighted by molar-refractivity contribution is -0.134. The van der Waals surface area contributed by atoms with E-state index in [9.17, 15) is 4.79 Å². The first-order chi connectivity index (χ1) is 18.8. The number of aromatic nitrogens is 6. The topological polar surface area (TPSA) is 115 Å². The first kappa shape index (κ1) is 23.9. The Morgan fingerprint density at radius 3 is 2.62 bits per heavy atom. The van der Waals surface area contributed by atoms with E-state index in [1.54, 1.807) is 14.0 Å². The van der Waals surface area contributed by atoms with Crippen LogP contribution in [0.2, 0.25) is 0 Å². The quantitative estimate of drug-likeness (QED) is 0.340. The Bertz CT molecular complexity index is 1750. The summed E-state index contributed by atoms with van der Waals surface area (Å²) >= 11 is 0. The van der Waals surface area contributed by atoms with E-state index in [0.29, 0.717) is 31.3 Å². The molecule has 1 amide bonds. The van der Waals surface area contributed by atoms with Gasteiger partial charge in [-0.15, -0.1) is 0 Å². The summed E-state index contributed by atoms with van der Waals surface area (Å²) in [5.41, 5.74) is 7.64. The minimum absolute atomic E-state index is 0.110. The largest absolute Gasteiger partial charge is 0.496 e. The van der Waals surface area contributed by atoms with Gasteiger partial charge in [-0.2, -0.15) is 5.10 Å². The number of hydrogen-bond acceptors (Lipinski definition) is 7. The highest BCUT2D eigenvalue weighted by Crippen LogP contribution is 2.42. The molecule has 39 heavy (non-hydrogen) atoms. The van der Waals surface area contributed by atoms with Crippen LogP contribution in [0.4, 0.5) is 0 Å². The van der Waals surface area contributed by atoms with E-state index in [-0.39, 0.29) is 11.9 Å². The summed E-state index contributed by atoms with van der Waals surface area (Å²) < 4.78 is 13.4. The van der Waals surface area contributed by atoms with Crippen LogP contribution in [0.25, 0.3) is 33.1 Å². The number of carbonyl (C=O) groups excluding carboxylic acids is 1. The second-order valence-corrected chi connectivity index (χ2v) is 10.9. The lowest BCUT2D eigenvalue weighted by Crippen LogP contribution is -2.50. The third-order valence-corrected chi connectivity index (χ3v) is 8.09. The van der Waals surface area contributed by atoms with Gasteiger partial charge in [0, 0.05) is 59.9 Å². The van der Waals surface area contributed by atoms with Crippen molar-refractivity contribution in [2.45, 2.75) is 58.9 Å². The molecule has 4 aromatic heterocycles. The first-order valence-corrected chi connectivity index (χ1v) is 13.4. The van der Waals surface area contributed by atoms with Crippen molar-refractivity contribution in [1.29, 1.82) is 0 Å². The van der Waals surface area contributed by atoms with Gasteiger partial charge in [-0.25, -0.2) is 9.97 Å². The van der Waals surface area contributed by atoms with Gasteiger partial charge in [0.15, 0.2) is 0 Å². The number of benzene rings is 1. The summed E-state index contributed by atoms with van der Waals surface area (Å²) in [5.74, 6) is 2.85. The van der Waals surface area contributed by atoms with Crippen LogP contribution in [0, 0.1) is 20.8 Å². The van der Waals surface area contributed by atoms with Gasteiger partial charge in [0.05, 0.1) is 35.8 Å². The fourth-order valence-electron chi connectivity index (χ4n) is 5.90. The van der Waals surface area contributed by atoms with Crippen molar-refractivity contribution in [3.63, 3.8) is 0 Å². The SMILES string of the molecule is COc1cc2c(cc1-c1c(C)noc1C)[nH]c1nc(C)nc(Cc3cc(C4CC4)nn3C3CN(C(C)=O)C3)c12. The molecule has 1 aliphatic carbocycles. The molecule has 10 heteroatoms. The number of carbonyl (C=O) groups is 1. The zero-order chi connectivity index (χ0) is 27.0. The maximum absolute atomic E-state index is 11.8. The third-order valence-electron chi connectivity index (χ3n) is 8.09. The van der Waals surface area contributed by atoms with Crippen LogP contribution in [-0.2, 0) is 11.2 Å². The number of hydrogen-bond donors (Lipinski definition) is 1. The molecule has 2 aliphatic rings. The van der Waals surface area contributed by atoms with Crippen molar-refractivity contribution in [2.24, 2.45) is 0 Å². The molecule has 0 unspecified atom stereocenters. The van der Waals surface area contributed by atoms with Gasteiger partial charge in [0.1, 0.15) is 23.0 Å². The van der Waals surface area contributed by atoms with E-state index in [1.165, 1.54) is 12.8 Å². The molecule has 7 rings (SSSR count). The maximum atomic E-state index is 11.8.